The summed E-state index contributed by atoms with van der Waals surface area (Å²) in [6, 6.07) is 17.9. The standard InChI is InChI=1S/C21H24N4O3S/c1-29(26,27)25-13-11-24(12-14-25)20-15-22-21(23-20)18-7-9-19(10-8-18)28-16-17-5-3-2-4-6-17/h2-10,15H,11-14,16H2,1H3,(H,22,23). The third kappa shape index (κ3) is 4.78. The SMILES string of the molecule is CS(=O)(=O)N1CCN(c2c[nH]c(-c3ccc(OCc4ccccc4)cc3)n2)CC1. The number of rotatable bonds is 6. The number of ether oxygens (including phenoxy) is 1. The number of sulfonamides is 1. The molecule has 0 spiro atoms. The van der Waals surface area contributed by atoms with Crippen LogP contribution in [0, 0.1) is 0 Å². The molecule has 0 atom stereocenters. The molecule has 0 aliphatic carbocycles. The summed E-state index contributed by atoms with van der Waals surface area (Å²) in [6.07, 6.45) is 3.12. The van der Waals surface area contributed by atoms with E-state index in [4.69, 9.17) is 4.74 Å². The highest BCUT2D eigenvalue weighted by atomic mass is 32.2. The molecular weight excluding hydrogens is 388 g/mol. The Morgan fingerprint density at radius 2 is 1.69 bits per heavy atom. The molecule has 0 saturated carbocycles. The van der Waals surface area contributed by atoms with Crippen LogP contribution in [0.5, 0.6) is 5.75 Å². The quantitative estimate of drug-likeness (QED) is 0.674. The van der Waals surface area contributed by atoms with Crippen LogP contribution in [-0.2, 0) is 16.6 Å². The summed E-state index contributed by atoms with van der Waals surface area (Å²) in [6.45, 7) is 2.75. The summed E-state index contributed by atoms with van der Waals surface area (Å²) in [4.78, 5) is 9.99. The van der Waals surface area contributed by atoms with Gasteiger partial charge in [-0.3, -0.25) is 0 Å². The lowest BCUT2D eigenvalue weighted by Crippen LogP contribution is -2.48. The van der Waals surface area contributed by atoms with E-state index in [0.717, 1.165) is 28.5 Å². The first-order valence-electron chi connectivity index (χ1n) is 9.52. The third-order valence-corrected chi connectivity index (χ3v) is 6.28. The fraction of sp³-hybridized carbons (Fsp3) is 0.286. The molecular formula is C21H24N4O3S. The highest BCUT2D eigenvalue weighted by Gasteiger charge is 2.24. The fourth-order valence-electron chi connectivity index (χ4n) is 3.32. The van der Waals surface area contributed by atoms with Gasteiger partial charge in [-0.25, -0.2) is 13.4 Å². The highest BCUT2D eigenvalue weighted by Crippen LogP contribution is 2.24. The van der Waals surface area contributed by atoms with Gasteiger partial charge >= 0.3 is 0 Å². The summed E-state index contributed by atoms with van der Waals surface area (Å²) in [5.41, 5.74) is 2.10. The molecule has 2 aromatic carbocycles. The van der Waals surface area contributed by atoms with E-state index < -0.39 is 10.0 Å². The Bertz CT molecular complexity index is 1040. The van der Waals surface area contributed by atoms with Gasteiger partial charge < -0.3 is 14.6 Å². The highest BCUT2D eigenvalue weighted by molar-refractivity contribution is 7.88. The maximum atomic E-state index is 11.6. The molecule has 0 amide bonds. The van der Waals surface area contributed by atoms with E-state index in [0.29, 0.717) is 32.8 Å². The maximum absolute atomic E-state index is 11.6. The van der Waals surface area contributed by atoms with Crippen LogP contribution in [0.3, 0.4) is 0 Å². The first kappa shape index (κ1) is 19.5. The molecule has 1 saturated heterocycles. The number of benzene rings is 2. The van der Waals surface area contributed by atoms with Gasteiger partial charge in [0.25, 0.3) is 0 Å². The lowest BCUT2D eigenvalue weighted by molar-refractivity contribution is 0.306. The van der Waals surface area contributed by atoms with E-state index >= 15 is 0 Å². The molecule has 3 aromatic rings. The van der Waals surface area contributed by atoms with Crippen LogP contribution in [0.4, 0.5) is 5.82 Å². The molecule has 2 heterocycles. The van der Waals surface area contributed by atoms with Crippen molar-refractivity contribution in [1.82, 2.24) is 14.3 Å². The Morgan fingerprint density at radius 1 is 1.00 bits per heavy atom. The minimum Gasteiger partial charge on any atom is -0.489 e. The van der Waals surface area contributed by atoms with Crippen molar-refractivity contribution in [1.29, 1.82) is 0 Å². The van der Waals surface area contributed by atoms with Crippen molar-refractivity contribution in [3.63, 3.8) is 0 Å². The lowest BCUT2D eigenvalue weighted by atomic mass is 10.2. The van der Waals surface area contributed by atoms with Crippen molar-refractivity contribution in [2.75, 3.05) is 37.3 Å². The molecule has 0 unspecified atom stereocenters. The van der Waals surface area contributed by atoms with E-state index in [-0.39, 0.29) is 0 Å². The van der Waals surface area contributed by atoms with Gasteiger partial charge in [0.1, 0.15) is 24.0 Å². The Hall–Kier alpha value is -2.84. The molecule has 4 rings (SSSR count). The fourth-order valence-corrected chi connectivity index (χ4v) is 4.15. The van der Waals surface area contributed by atoms with Crippen LogP contribution >= 0.6 is 0 Å². The predicted octanol–water partition coefficient (Wildman–Crippen LogP) is 2.74. The first-order chi connectivity index (χ1) is 14.0. The minimum absolute atomic E-state index is 0.481. The Balaban J connectivity index is 1.37. The van der Waals surface area contributed by atoms with Crippen molar-refractivity contribution in [2.45, 2.75) is 6.61 Å². The Morgan fingerprint density at radius 3 is 2.34 bits per heavy atom. The molecule has 1 aromatic heterocycles. The Labute approximate surface area is 171 Å². The molecule has 1 aliphatic heterocycles. The normalized spacial score (nSPS) is 15.4. The van der Waals surface area contributed by atoms with Crippen LogP contribution < -0.4 is 9.64 Å². The molecule has 7 nitrogen and oxygen atoms in total. The average molecular weight is 413 g/mol. The Kier molecular flexibility index (Phi) is 5.55. The summed E-state index contributed by atoms with van der Waals surface area (Å²) in [7, 11) is -3.13. The number of aromatic nitrogens is 2. The molecule has 1 aliphatic rings. The van der Waals surface area contributed by atoms with Gasteiger partial charge in [0.05, 0.1) is 6.26 Å². The zero-order valence-corrected chi connectivity index (χ0v) is 17.1. The second-order valence-electron chi connectivity index (χ2n) is 7.06. The first-order valence-corrected chi connectivity index (χ1v) is 11.4. The number of nitrogens with zero attached hydrogens (tertiary/aromatic N) is 3. The van der Waals surface area contributed by atoms with Crippen molar-refractivity contribution < 1.29 is 13.2 Å². The third-order valence-electron chi connectivity index (χ3n) is 4.97. The summed E-state index contributed by atoms with van der Waals surface area (Å²) >= 11 is 0. The molecule has 8 heteroatoms. The molecule has 1 fully saturated rings. The smallest absolute Gasteiger partial charge is 0.211 e. The largest absolute Gasteiger partial charge is 0.489 e. The van der Waals surface area contributed by atoms with Crippen LogP contribution in [0.1, 0.15) is 5.56 Å². The van der Waals surface area contributed by atoms with Crippen molar-refractivity contribution >= 4 is 15.8 Å². The van der Waals surface area contributed by atoms with Gasteiger partial charge in [-0.2, -0.15) is 4.31 Å². The average Bonchev–Trinajstić information content (AvgIpc) is 3.23. The second-order valence-corrected chi connectivity index (χ2v) is 9.04. The van der Waals surface area contributed by atoms with E-state index in [1.165, 1.54) is 10.6 Å². The molecule has 1 N–H and O–H groups in total. The van der Waals surface area contributed by atoms with Gasteiger partial charge in [-0.15, -0.1) is 0 Å². The molecule has 0 radical (unpaired) electrons. The maximum Gasteiger partial charge on any atom is 0.211 e. The van der Waals surface area contributed by atoms with Crippen LogP contribution in [0.15, 0.2) is 60.8 Å². The van der Waals surface area contributed by atoms with Gasteiger partial charge in [0, 0.05) is 37.9 Å². The molecule has 0 bridgehead atoms. The number of aromatic amines is 1. The zero-order valence-electron chi connectivity index (χ0n) is 16.3. The number of H-pyrrole nitrogens is 1. The number of piperazine rings is 1. The van der Waals surface area contributed by atoms with Gasteiger partial charge in [-0.1, -0.05) is 30.3 Å². The molecule has 152 valence electrons. The van der Waals surface area contributed by atoms with E-state index in [9.17, 15) is 8.42 Å². The summed E-state index contributed by atoms with van der Waals surface area (Å²) in [5.74, 6) is 2.42. The monoisotopic (exact) mass is 412 g/mol. The predicted molar refractivity (Wildman–Crippen MR) is 113 cm³/mol. The van der Waals surface area contributed by atoms with E-state index in [2.05, 4.69) is 14.9 Å². The van der Waals surface area contributed by atoms with Crippen LogP contribution in [0.2, 0.25) is 0 Å². The van der Waals surface area contributed by atoms with Crippen molar-refractivity contribution in [3.8, 4) is 17.1 Å². The zero-order chi connectivity index (χ0) is 20.3. The summed E-state index contributed by atoms with van der Waals surface area (Å²) in [5, 5.41) is 0. The van der Waals surface area contributed by atoms with Crippen molar-refractivity contribution in [3.05, 3.63) is 66.4 Å². The van der Waals surface area contributed by atoms with Crippen molar-refractivity contribution in [2.24, 2.45) is 0 Å². The second kappa shape index (κ2) is 8.26. The number of hydrogen-bond acceptors (Lipinski definition) is 5. The lowest BCUT2D eigenvalue weighted by Gasteiger charge is -2.33. The summed E-state index contributed by atoms with van der Waals surface area (Å²) < 4.78 is 30.6. The van der Waals surface area contributed by atoms with E-state index in [1.54, 1.807) is 0 Å². The number of nitrogens with one attached hydrogen (secondary N) is 1. The number of hydrogen-bond donors (Lipinski definition) is 1. The molecule has 29 heavy (non-hydrogen) atoms. The van der Waals surface area contributed by atoms with Gasteiger partial charge in [0.2, 0.25) is 10.0 Å². The van der Waals surface area contributed by atoms with Crippen LogP contribution in [0.25, 0.3) is 11.4 Å². The van der Waals surface area contributed by atoms with Gasteiger partial charge in [0.15, 0.2) is 0 Å². The van der Waals surface area contributed by atoms with E-state index in [1.807, 2.05) is 60.8 Å². The van der Waals surface area contributed by atoms with Crippen LogP contribution in [-0.4, -0.2) is 55.1 Å². The number of anilines is 1. The minimum atomic E-state index is -3.13. The topological polar surface area (TPSA) is 78.5 Å². The number of imidazole rings is 1. The van der Waals surface area contributed by atoms with Gasteiger partial charge in [-0.05, 0) is 29.8 Å².